The van der Waals surface area contributed by atoms with Crippen molar-refractivity contribution in [1.29, 1.82) is 0 Å². The monoisotopic (exact) mass is 272 g/mol. The lowest BCUT2D eigenvalue weighted by molar-refractivity contribution is 0.287. The van der Waals surface area contributed by atoms with Crippen LogP contribution in [0.1, 0.15) is 25.8 Å². The van der Waals surface area contributed by atoms with Crippen molar-refractivity contribution < 1.29 is 4.39 Å². The highest BCUT2D eigenvalue weighted by molar-refractivity contribution is 6.30. The molecule has 0 aliphatic heterocycles. The van der Waals surface area contributed by atoms with Gasteiger partial charge in [0, 0.05) is 24.7 Å². The maximum absolute atomic E-state index is 13.1. The van der Waals surface area contributed by atoms with E-state index in [2.05, 4.69) is 24.1 Å². The van der Waals surface area contributed by atoms with Crippen LogP contribution >= 0.6 is 11.6 Å². The molecule has 0 radical (unpaired) electrons. The number of halogens is 2. The lowest BCUT2D eigenvalue weighted by Crippen LogP contribution is -2.32. The van der Waals surface area contributed by atoms with Crippen LogP contribution in [0.3, 0.4) is 0 Å². The Morgan fingerprint density at radius 3 is 2.61 bits per heavy atom. The second kappa shape index (κ2) is 8.46. The molecule has 0 aliphatic carbocycles. The number of likely N-dealkylation sites (N-methyl/N-ethyl adjacent to an activating group) is 1. The predicted octanol–water partition coefficient (Wildman–Crippen LogP) is 3.30. The Morgan fingerprint density at radius 1 is 1.22 bits per heavy atom. The molecule has 0 spiro atoms. The minimum absolute atomic E-state index is 0.277. The Labute approximate surface area is 114 Å². The Morgan fingerprint density at radius 2 is 2.00 bits per heavy atom. The van der Waals surface area contributed by atoms with Gasteiger partial charge < -0.3 is 10.2 Å². The van der Waals surface area contributed by atoms with Gasteiger partial charge in [0.25, 0.3) is 0 Å². The number of hydrogen-bond acceptors (Lipinski definition) is 2. The number of nitrogens with zero attached hydrogens (tertiary/aromatic N) is 1. The fourth-order valence-electron chi connectivity index (χ4n) is 1.93. The van der Waals surface area contributed by atoms with E-state index in [-0.39, 0.29) is 5.82 Å². The van der Waals surface area contributed by atoms with E-state index in [9.17, 15) is 4.39 Å². The van der Waals surface area contributed by atoms with Crippen molar-refractivity contribution >= 4 is 11.6 Å². The van der Waals surface area contributed by atoms with Crippen LogP contribution in [-0.2, 0) is 6.54 Å². The van der Waals surface area contributed by atoms with E-state index < -0.39 is 0 Å². The second-order valence-electron chi connectivity index (χ2n) is 4.39. The molecule has 1 rings (SSSR count). The SMILES string of the molecule is CCCN(CC)CCNCc1cc(F)cc(Cl)c1. The predicted molar refractivity (Wildman–Crippen MR) is 75.5 cm³/mol. The molecule has 0 saturated heterocycles. The van der Waals surface area contributed by atoms with Gasteiger partial charge in [0.15, 0.2) is 0 Å². The average molecular weight is 273 g/mol. The fraction of sp³-hybridized carbons (Fsp3) is 0.571. The summed E-state index contributed by atoms with van der Waals surface area (Å²) >= 11 is 5.80. The lowest BCUT2D eigenvalue weighted by atomic mass is 10.2. The van der Waals surface area contributed by atoms with Crippen molar-refractivity contribution in [2.45, 2.75) is 26.8 Å². The summed E-state index contributed by atoms with van der Waals surface area (Å²) in [5.74, 6) is -0.277. The van der Waals surface area contributed by atoms with E-state index in [0.717, 1.165) is 31.7 Å². The summed E-state index contributed by atoms with van der Waals surface area (Å²) in [6.45, 7) is 9.13. The highest BCUT2D eigenvalue weighted by Gasteiger charge is 2.01. The first-order chi connectivity index (χ1) is 8.65. The molecule has 0 fully saturated rings. The highest BCUT2D eigenvalue weighted by Crippen LogP contribution is 2.13. The third-order valence-corrected chi connectivity index (χ3v) is 3.06. The van der Waals surface area contributed by atoms with E-state index in [1.807, 2.05) is 0 Å². The van der Waals surface area contributed by atoms with Gasteiger partial charge in [-0.3, -0.25) is 0 Å². The van der Waals surface area contributed by atoms with Crippen molar-refractivity contribution in [2.24, 2.45) is 0 Å². The van der Waals surface area contributed by atoms with Crippen LogP contribution in [0.15, 0.2) is 18.2 Å². The maximum Gasteiger partial charge on any atom is 0.125 e. The summed E-state index contributed by atoms with van der Waals surface area (Å²) in [4.78, 5) is 2.39. The number of rotatable bonds is 8. The highest BCUT2D eigenvalue weighted by atomic mass is 35.5. The van der Waals surface area contributed by atoms with Gasteiger partial charge in [-0.2, -0.15) is 0 Å². The minimum Gasteiger partial charge on any atom is -0.311 e. The Kier molecular flexibility index (Phi) is 7.25. The molecule has 1 aromatic carbocycles. The lowest BCUT2D eigenvalue weighted by Gasteiger charge is -2.19. The second-order valence-corrected chi connectivity index (χ2v) is 4.83. The first-order valence-electron chi connectivity index (χ1n) is 6.53. The normalized spacial score (nSPS) is 11.2. The zero-order chi connectivity index (χ0) is 13.4. The van der Waals surface area contributed by atoms with E-state index >= 15 is 0 Å². The van der Waals surface area contributed by atoms with Gasteiger partial charge >= 0.3 is 0 Å². The van der Waals surface area contributed by atoms with Crippen LogP contribution in [0.2, 0.25) is 5.02 Å². The Balaban J connectivity index is 2.28. The standard InChI is InChI=1S/C14H22ClFN2/c1-3-6-18(4-2)7-5-17-11-12-8-13(15)10-14(16)9-12/h8-10,17H,3-7,11H2,1-2H3. The zero-order valence-electron chi connectivity index (χ0n) is 11.2. The van der Waals surface area contributed by atoms with Crippen molar-refractivity contribution in [1.82, 2.24) is 10.2 Å². The third-order valence-electron chi connectivity index (χ3n) is 2.84. The van der Waals surface area contributed by atoms with Crippen LogP contribution in [-0.4, -0.2) is 31.1 Å². The summed E-state index contributed by atoms with van der Waals surface area (Å²) in [6.07, 6.45) is 1.17. The van der Waals surface area contributed by atoms with Crippen LogP contribution in [0.4, 0.5) is 4.39 Å². The van der Waals surface area contributed by atoms with Crippen LogP contribution in [0.25, 0.3) is 0 Å². The molecular formula is C14H22ClFN2. The topological polar surface area (TPSA) is 15.3 Å². The van der Waals surface area contributed by atoms with Crippen molar-refractivity contribution in [3.63, 3.8) is 0 Å². The molecule has 0 aromatic heterocycles. The molecule has 0 atom stereocenters. The van der Waals surface area contributed by atoms with Gasteiger partial charge in [-0.15, -0.1) is 0 Å². The van der Waals surface area contributed by atoms with Crippen LogP contribution in [0.5, 0.6) is 0 Å². The van der Waals surface area contributed by atoms with Crippen LogP contribution < -0.4 is 5.32 Å². The first-order valence-corrected chi connectivity index (χ1v) is 6.91. The molecule has 0 amide bonds. The summed E-state index contributed by atoms with van der Waals surface area (Å²) in [7, 11) is 0. The molecule has 4 heteroatoms. The minimum atomic E-state index is -0.277. The molecule has 0 saturated carbocycles. The largest absolute Gasteiger partial charge is 0.311 e. The van der Waals surface area contributed by atoms with Gasteiger partial charge in [-0.05, 0) is 43.3 Å². The van der Waals surface area contributed by atoms with Gasteiger partial charge in [-0.25, -0.2) is 4.39 Å². The van der Waals surface area contributed by atoms with Crippen molar-refractivity contribution in [2.75, 3.05) is 26.2 Å². The van der Waals surface area contributed by atoms with Crippen molar-refractivity contribution in [3.8, 4) is 0 Å². The van der Waals surface area contributed by atoms with E-state index in [0.29, 0.717) is 11.6 Å². The fourth-order valence-corrected chi connectivity index (χ4v) is 2.17. The Hall–Kier alpha value is -0.640. The van der Waals surface area contributed by atoms with E-state index in [1.165, 1.54) is 18.6 Å². The maximum atomic E-state index is 13.1. The number of nitrogens with one attached hydrogen (secondary N) is 1. The molecule has 0 unspecified atom stereocenters. The summed E-state index contributed by atoms with van der Waals surface area (Å²) in [6, 6.07) is 4.63. The summed E-state index contributed by atoms with van der Waals surface area (Å²) in [5.41, 5.74) is 0.888. The smallest absolute Gasteiger partial charge is 0.125 e. The summed E-state index contributed by atoms with van der Waals surface area (Å²) in [5, 5.41) is 3.76. The zero-order valence-corrected chi connectivity index (χ0v) is 11.9. The molecule has 1 N–H and O–H groups in total. The molecule has 1 aromatic rings. The average Bonchev–Trinajstić information content (AvgIpc) is 2.32. The van der Waals surface area contributed by atoms with Gasteiger partial charge in [0.1, 0.15) is 5.82 Å². The van der Waals surface area contributed by atoms with E-state index in [1.54, 1.807) is 6.07 Å². The molecule has 2 nitrogen and oxygen atoms in total. The molecule has 0 aliphatic rings. The molecular weight excluding hydrogens is 251 g/mol. The molecule has 0 bridgehead atoms. The van der Waals surface area contributed by atoms with Crippen LogP contribution in [0, 0.1) is 5.82 Å². The molecule has 18 heavy (non-hydrogen) atoms. The van der Waals surface area contributed by atoms with Gasteiger partial charge in [-0.1, -0.05) is 25.4 Å². The van der Waals surface area contributed by atoms with Crippen molar-refractivity contribution in [3.05, 3.63) is 34.6 Å². The number of benzene rings is 1. The molecule has 0 heterocycles. The summed E-state index contributed by atoms with van der Waals surface area (Å²) < 4.78 is 13.1. The quantitative estimate of drug-likeness (QED) is 0.731. The third kappa shape index (κ3) is 5.80. The molecule has 102 valence electrons. The van der Waals surface area contributed by atoms with Gasteiger partial charge in [0.2, 0.25) is 0 Å². The Bertz CT molecular complexity index is 337. The van der Waals surface area contributed by atoms with E-state index in [4.69, 9.17) is 11.6 Å². The first kappa shape index (κ1) is 15.4. The number of hydrogen-bond donors (Lipinski definition) is 1. The van der Waals surface area contributed by atoms with Gasteiger partial charge in [0.05, 0.1) is 0 Å².